The lowest BCUT2D eigenvalue weighted by molar-refractivity contribution is 0.454. The van der Waals surface area contributed by atoms with E-state index in [1.54, 1.807) is 30.5 Å². The van der Waals surface area contributed by atoms with E-state index in [-0.39, 0.29) is 0 Å². The molecular formula is C11H12N6OS. The van der Waals surface area contributed by atoms with Gasteiger partial charge in [-0.05, 0) is 6.42 Å². The zero-order valence-corrected chi connectivity index (χ0v) is 10.9. The number of nitrogens with zero attached hydrogens (tertiary/aromatic N) is 5. The first-order valence-corrected chi connectivity index (χ1v) is 6.77. The number of fused-ring (bicyclic) bond motifs is 1. The lowest BCUT2D eigenvalue weighted by Gasteiger charge is -2.02. The van der Waals surface area contributed by atoms with Crippen molar-refractivity contribution in [1.82, 2.24) is 24.5 Å². The van der Waals surface area contributed by atoms with Gasteiger partial charge in [0, 0.05) is 12.3 Å². The quantitative estimate of drug-likeness (QED) is 0.558. The van der Waals surface area contributed by atoms with E-state index in [1.807, 2.05) is 4.57 Å². The summed E-state index contributed by atoms with van der Waals surface area (Å²) < 4.78 is 7.13. The van der Waals surface area contributed by atoms with Crippen molar-refractivity contribution >= 4 is 28.7 Å². The summed E-state index contributed by atoms with van der Waals surface area (Å²) in [6.07, 6.45) is 7.38. The number of imidazole rings is 1. The first kappa shape index (κ1) is 12.0. The van der Waals surface area contributed by atoms with Crippen molar-refractivity contribution in [3.05, 3.63) is 25.1 Å². The highest BCUT2D eigenvalue weighted by molar-refractivity contribution is 7.99. The van der Waals surface area contributed by atoms with Gasteiger partial charge < -0.3 is 14.7 Å². The van der Waals surface area contributed by atoms with Gasteiger partial charge in [-0.1, -0.05) is 11.8 Å². The van der Waals surface area contributed by atoms with Crippen LogP contribution in [-0.2, 0) is 6.54 Å². The minimum absolute atomic E-state index is 0.415. The molecule has 0 saturated heterocycles. The minimum Gasteiger partial charge on any atom is -0.440 e. The number of hydrogen-bond donors (Lipinski definition) is 1. The van der Waals surface area contributed by atoms with E-state index in [0.717, 1.165) is 24.4 Å². The Morgan fingerprint density at radius 3 is 3.05 bits per heavy atom. The first-order valence-electron chi connectivity index (χ1n) is 5.78. The molecule has 98 valence electrons. The summed E-state index contributed by atoms with van der Waals surface area (Å²) in [6, 6.07) is 0. The lowest BCUT2D eigenvalue weighted by Crippen LogP contribution is -2.00. The second-order valence-electron chi connectivity index (χ2n) is 3.87. The van der Waals surface area contributed by atoms with Crippen LogP contribution in [0, 0.1) is 0 Å². The van der Waals surface area contributed by atoms with Crippen LogP contribution >= 0.6 is 11.8 Å². The summed E-state index contributed by atoms with van der Waals surface area (Å²) in [4.78, 5) is 16.4. The first-order chi connectivity index (χ1) is 9.34. The number of thioether (sulfide) groups is 1. The molecule has 0 atom stereocenters. The van der Waals surface area contributed by atoms with Crippen LogP contribution in [0.3, 0.4) is 0 Å². The summed E-state index contributed by atoms with van der Waals surface area (Å²) in [5.74, 6) is 1.33. The number of nitrogen functional groups attached to an aromatic ring is 1. The summed E-state index contributed by atoms with van der Waals surface area (Å²) in [7, 11) is 0. The van der Waals surface area contributed by atoms with Gasteiger partial charge in [0.25, 0.3) is 5.22 Å². The highest BCUT2D eigenvalue weighted by Gasteiger charge is 2.07. The van der Waals surface area contributed by atoms with Crippen molar-refractivity contribution < 1.29 is 4.42 Å². The Balaban J connectivity index is 1.61. The lowest BCUT2D eigenvalue weighted by atomic mass is 10.4. The Labute approximate surface area is 113 Å². The van der Waals surface area contributed by atoms with Crippen LogP contribution in [0.5, 0.6) is 0 Å². The molecule has 3 aromatic heterocycles. The molecule has 0 aliphatic carbocycles. The molecule has 19 heavy (non-hydrogen) atoms. The van der Waals surface area contributed by atoms with E-state index in [9.17, 15) is 0 Å². The molecule has 0 fully saturated rings. The SMILES string of the molecule is Nc1ncnc2c1ncn2CCCSc1ncco1. The molecule has 2 N–H and O–H groups in total. The van der Waals surface area contributed by atoms with Gasteiger partial charge in [-0.25, -0.2) is 19.9 Å². The number of aromatic nitrogens is 5. The molecule has 0 unspecified atom stereocenters. The third-order valence-electron chi connectivity index (χ3n) is 2.61. The Bertz CT molecular complexity index is 665. The van der Waals surface area contributed by atoms with Crippen LogP contribution < -0.4 is 5.73 Å². The zero-order chi connectivity index (χ0) is 13.1. The van der Waals surface area contributed by atoms with Crippen LogP contribution in [0.4, 0.5) is 5.82 Å². The average molecular weight is 276 g/mol. The fraction of sp³-hybridized carbons (Fsp3) is 0.273. The summed E-state index contributed by atoms with van der Waals surface area (Å²) in [5, 5.41) is 0.696. The molecule has 8 heteroatoms. The average Bonchev–Trinajstić information content (AvgIpc) is 3.05. The molecule has 0 spiro atoms. The van der Waals surface area contributed by atoms with Crippen molar-refractivity contribution in [1.29, 1.82) is 0 Å². The van der Waals surface area contributed by atoms with Crippen LogP contribution in [0.15, 0.2) is 34.8 Å². The van der Waals surface area contributed by atoms with E-state index < -0.39 is 0 Å². The number of oxazole rings is 1. The maximum absolute atomic E-state index is 5.74. The number of rotatable bonds is 5. The fourth-order valence-electron chi connectivity index (χ4n) is 1.74. The van der Waals surface area contributed by atoms with Crippen molar-refractivity contribution in [2.75, 3.05) is 11.5 Å². The van der Waals surface area contributed by atoms with E-state index in [2.05, 4.69) is 19.9 Å². The van der Waals surface area contributed by atoms with Gasteiger partial charge in [-0.2, -0.15) is 0 Å². The van der Waals surface area contributed by atoms with E-state index in [1.165, 1.54) is 6.33 Å². The minimum atomic E-state index is 0.415. The highest BCUT2D eigenvalue weighted by Crippen LogP contribution is 2.18. The Morgan fingerprint density at radius 2 is 2.21 bits per heavy atom. The standard InChI is InChI=1S/C11H12N6OS/c12-9-8-10(15-6-14-9)17(7-16-8)3-1-5-19-11-13-2-4-18-11/h2,4,6-7H,1,3,5H2,(H2,12,14,15). The van der Waals surface area contributed by atoms with Gasteiger partial charge in [0.15, 0.2) is 11.5 Å². The van der Waals surface area contributed by atoms with Gasteiger partial charge in [0.2, 0.25) is 0 Å². The van der Waals surface area contributed by atoms with E-state index in [4.69, 9.17) is 10.2 Å². The Morgan fingerprint density at radius 1 is 1.26 bits per heavy atom. The molecule has 3 aromatic rings. The number of aryl methyl sites for hydroxylation is 1. The van der Waals surface area contributed by atoms with Crippen molar-refractivity contribution in [2.45, 2.75) is 18.2 Å². The van der Waals surface area contributed by atoms with Crippen molar-refractivity contribution in [2.24, 2.45) is 0 Å². The number of nitrogens with two attached hydrogens (primary N) is 1. The van der Waals surface area contributed by atoms with Crippen LogP contribution in [0.25, 0.3) is 11.2 Å². The molecular weight excluding hydrogens is 264 g/mol. The number of hydrogen-bond acceptors (Lipinski definition) is 7. The fourth-order valence-corrected chi connectivity index (χ4v) is 2.45. The molecule has 0 aromatic carbocycles. The van der Waals surface area contributed by atoms with Gasteiger partial charge >= 0.3 is 0 Å². The molecule has 0 bridgehead atoms. The summed E-state index contributed by atoms with van der Waals surface area (Å²) in [6.45, 7) is 0.820. The van der Waals surface area contributed by atoms with Gasteiger partial charge in [-0.3, -0.25) is 0 Å². The maximum Gasteiger partial charge on any atom is 0.255 e. The summed E-state index contributed by atoms with van der Waals surface area (Å²) in [5.41, 5.74) is 7.16. The largest absolute Gasteiger partial charge is 0.440 e. The normalized spacial score (nSPS) is 11.2. The van der Waals surface area contributed by atoms with Gasteiger partial charge in [0.05, 0.1) is 12.5 Å². The van der Waals surface area contributed by atoms with Crippen molar-refractivity contribution in [3.63, 3.8) is 0 Å². The molecule has 0 amide bonds. The van der Waals surface area contributed by atoms with Crippen molar-refractivity contribution in [3.8, 4) is 0 Å². The van der Waals surface area contributed by atoms with Crippen LogP contribution in [0.1, 0.15) is 6.42 Å². The molecule has 0 aliphatic heterocycles. The topological polar surface area (TPSA) is 95.7 Å². The van der Waals surface area contributed by atoms with E-state index in [0.29, 0.717) is 16.6 Å². The predicted octanol–water partition coefficient (Wildman–Crippen LogP) is 1.58. The molecule has 3 rings (SSSR count). The molecule has 3 heterocycles. The molecule has 0 aliphatic rings. The monoisotopic (exact) mass is 276 g/mol. The van der Waals surface area contributed by atoms with Crippen LogP contribution in [-0.4, -0.2) is 30.3 Å². The zero-order valence-electron chi connectivity index (χ0n) is 10.1. The predicted molar refractivity (Wildman–Crippen MR) is 71.6 cm³/mol. The Kier molecular flexibility index (Phi) is 3.32. The molecule has 0 radical (unpaired) electrons. The maximum atomic E-state index is 5.74. The van der Waals surface area contributed by atoms with Crippen LogP contribution in [0.2, 0.25) is 0 Å². The summed E-state index contributed by atoms with van der Waals surface area (Å²) >= 11 is 1.59. The van der Waals surface area contributed by atoms with Gasteiger partial charge in [-0.15, -0.1) is 0 Å². The second kappa shape index (κ2) is 5.27. The highest BCUT2D eigenvalue weighted by atomic mass is 32.2. The number of anilines is 1. The molecule has 0 saturated carbocycles. The third kappa shape index (κ3) is 2.53. The third-order valence-corrected chi connectivity index (χ3v) is 3.55. The smallest absolute Gasteiger partial charge is 0.255 e. The molecule has 7 nitrogen and oxygen atoms in total. The van der Waals surface area contributed by atoms with E-state index >= 15 is 0 Å². The van der Waals surface area contributed by atoms with Gasteiger partial charge in [0.1, 0.15) is 18.1 Å². The Hall–Kier alpha value is -2.09. The second-order valence-corrected chi connectivity index (χ2v) is 4.92.